The average molecular weight is 509 g/mol. The molecule has 9 nitrogen and oxygen atoms in total. The van der Waals surface area contributed by atoms with Gasteiger partial charge in [-0.3, -0.25) is 14.9 Å². The summed E-state index contributed by atoms with van der Waals surface area (Å²) in [7, 11) is 1.45. The molecule has 0 N–H and O–H groups in total. The third-order valence-electron chi connectivity index (χ3n) is 5.53. The van der Waals surface area contributed by atoms with Gasteiger partial charge in [0.25, 0.3) is 11.2 Å². The zero-order valence-corrected chi connectivity index (χ0v) is 19.0. The zero-order valence-electron chi connectivity index (χ0n) is 18.2. The molecular formula is C22H18F3N3O6S. The number of hydrogen-bond donors (Lipinski definition) is 0. The smallest absolute Gasteiger partial charge is 0.416 e. The van der Waals surface area contributed by atoms with Crippen LogP contribution in [-0.2, 0) is 10.9 Å². The highest BCUT2D eigenvalue weighted by molar-refractivity contribution is 7.22. The second-order valence-corrected chi connectivity index (χ2v) is 8.70. The van der Waals surface area contributed by atoms with Crippen LogP contribution in [0.5, 0.6) is 5.75 Å². The summed E-state index contributed by atoms with van der Waals surface area (Å²) in [5.74, 6) is -0.152. The van der Waals surface area contributed by atoms with E-state index in [0.29, 0.717) is 43.8 Å². The second kappa shape index (κ2) is 9.49. The van der Waals surface area contributed by atoms with Gasteiger partial charge in [-0.1, -0.05) is 23.5 Å². The number of carbonyl (C=O) groups excluding carboxylic acids is 1. The molecule has 0 amide bonds. The lowest BCUT2D eigenvalue weighted by Crippen LogP contribution is -2.38. The maximum Gasteiger partial charge on any atom is 0.416 e. The molecule has 1 fully saturated rings. The largest absolute Gasteiger partial charge is 0.496 e. The molecule has 184 valence electrons. The van der Waals surface area contributed by atoms with E-state index in [0.717, 1.165) is 11.3 Å². The number of piperidine rings is 1. The van der Waals surface area contributed by atoms with Crippen LogP contribution in [0, 0.1) is 10.1 Å². The van der Waals surface area contributed by atoms with Gasteiger partial charge >= 0.3 is 12.1 Å². The number of esters is 1. The van der Waals surface area contributed by atoms with Crippen molar-refractivity contribution in [2.24, 2.45) is 0 Å². The number of nitro benzene ring substituents is 1. The highest BCUT2D eigenvalue weighted by Crippen LogP contribution is 2.38. The normalized spacial score (nSPS) is 14.7. The topological polar surface area (TPSA) is 112 Å². The van der Waals surface area contributed by atoms with Crippen molar-refractivity contribution in [1.82, 2.24) is 4.98 Å². The quantitative estimate of drug-likeness (QED) is 0.282. The number of para-hydroxylation sites is 1. The van der Waals surface area contributed by atoms with Gasteiger partial charge in [-0.15, -0.1) is 0 Å². The fraction of sp³-hybridized carbons (Fsp3) is 0.318. The molecule has 1 aliphatic heterocycles. The van der Waals surface area contributed by atoms with E-state index < -0.39 is 45.4 Å². The molecule has 1 saturated heterocycles. The third kappa shape index (κ3) is 5.04. The number of methoxy groups -OCH3 is 1. The molecule has 35 heavy (non-hydrogen) atoms. The first-order valence-corrected chi connectivity index (χ1v) is 11.2. The predicted octanol–water partition coefficient (Wildman–Crippen LogP) is 4.42. The molecule has 13 heteroatoms. The van der Waals surface area contributed by atoms with Crippen LogP contribution in [0.2, 0.25) is 0 Å². The van der Waals surface area contributed by atoms with Crippen LogP contribution in [0.1, 0.15) is 28.8 Å². The molecule has 0 saturated carbocycles. The van der Waals surface area contributed by atoms with E-state index in [9.17, 15) is 32.9 Å². The molecule has 0 radical (unpaired) electrons. The second-order valence-electron chi connectivity index (χ2n) is 7.72. The molecule has 1 aromatic heterocycles. The van der Waals surface area contributed by atoms with Crippen molar-refractivity contribution in [2.45, 2.75) is 25.1 Å². The minimum absolute atomic E-state index is 0.153. The van der Waals surface area contributed by atoms with Crippen molar-refractivity contribution in [3.63, 3.8) is 0 Å². The Kier molecular flexibility index (Phi) is 6.61. The van der Waals surface area contributed by atoms with E-state index in [1.807, 2.05) is 0 Å². The highest BCUT2D eigenvalue weighted by Gasteiger charge is 2.34. The number of nitrogens with zero attached hydrogens (tertiary/aromatic N) is 3. The molecule has 0 bridgehead atoms. The van der Waals surface area contributed by atoms with Crippen LogP contribution in [0.15, 0.2) is 41.2 Å². The molecular weight excluding hydrogens is 491 g/mol. The van der Waals surface area contributed by atoms with Gasteiger partial charge in [0.15, 0.2) is 5.13 Å². The lowest BCUT2D eigenvalue weighted by Gasteiger charge is -2.32. The number of benzene rings is 2. The van der Waals surface area contributed by atoms with Crippen LogP contribution >= 0.6 is 11.3 Å². The molecule has 1 aliphatic rings. The van der Waals surface area contributed by atoms with Crippen LogP contribution in [0.4, 0.5) is 24.0 Å². The van der Waals surface area contributed by atoms with Gasteiger partial charge in [-0.05, 0) is 18.2 Å². The van der Waals surface area contributed by atoms with Crippen molar-refractivity contribution in [1.29, 1.82) is 0 Å². The maximum atomic E-state index is 13.1. The Balaban J connectivity index is 1.54. The van der Waals surface area contributed by atoms with Crippen molar-refractivity contribution in [3.8, 4) is 5.75 Å². The Morgan fingerprint density at radius 1 is 1.23 bits per heavy atom. The molecule has 0 spiro atoms. The SMILES string of the molecule is COc1ccccc1C(=O)OC1CCN(c2nc(=O)c3cc(C(F)(F)F)cc([N+](=O)[O-])c3s2)CC1. The zero-order chi connectivity index (χ0) is 25.3. The minimum atomic E-state index is -4.85. The summed E-state index contributed by atoms with van der Waals surface area (Å²) in [6.45, 7) is 0.652. The number of nitro groups is 1. The first-order valence-electron chi connectivity index (χ1n) is 10.4. The molecule has 3 aromatic rings. The third-order valence-corrected chi connectivity index (χ3v) is 6.69. The Morgan fingerprint density at radius 3 is 2.54 bits per heavy atom. The fourth-order valence-electron chi connectivity index (χ4n) is 3.77. The fourth-order valence-corrected chi connectivity index (χ4v) is 4.89. The van der Waals surface area contributed by atoms with E-state index in [1.165, 1.54) is 7.11 Å². The Labute approximate surface area is 199 Å². The van der Waals surface area contributed by atoms with Gasteiger partial charge in [0, 0.05) is 32.0 Å². The number of ether oxygens (including phenoxy) is 2. The Bertz CT molecular complexity index is 1350. The van der Waals surface area contributed by atoms with Gasteiger partial charge < -0.3 is 14.4 Å². The standard InChI is InChI=1S/C22H18F3N3O6S/c1-33-17-5-3-2-4-14(17)20(30)34-13-6-8-27(9-7-13)21-26-19(29)15-10-12(22(23,24)25)11-16(28(31)32)18(15)35-21/h2-5,10-11,13H,6-9H2,1H3. The van der Waals surface area contributed by atoms with Crippen molar-refractivity contribution >= 4 is 38.2 Å². The van der Waals surface area contributed by atoms with Gasteiger partial charge in [-0.25, -0.2) is 4.79 Å². The Hall–Kier alpha value is -3.74. The lowest BCUT2D eigenvalue weighted by atomic mass is 10.1. The van der Waals surface area contributed by atoms with Gasteiger partial charge in [0.1, 0.15) is 22.1 Å². The number of carbonyl (C=O) groups is 1. The number of aromatic nitrogens is 1. The first kappa shape index (κ1) is 24.4. The van der Waals surface area contributed by atoms with E-state index in [-0.39, 0.29) is 15.4 Å². The van der Waals surface area contributed by atoms with Crippen molar-refractivity contribution < 1.29 is 32.4 Å². The summed E-state index contributed by atoms with van der Waals surface area (Å²) in [5, 5.41) is 11.1. The number of fused-ring (bicyclic) bond motifs is 1. The number of hydrogen-bond acceptors (Lipinski definition) is 9. The molecule has 0 aliphatic carbocycles. The lowest BCUT2D eigenvalue weighted by molar-refractivity contribution is -0.383. The van der Waals surface area contributed by atoms with Gasteiger partial charge in [-0.2, -0.15) is 18.2 Å². The average Bonchev–Trinajstić information content (AvgIpc) is 2.83. The summed E-state index contributed by atoms with van der Waals surface area (Å²) < 4.78 is 50.0. The molecule has 0 unspecified atom stereocenters. The van der Waals surface area contributed by atoms with Crippen molar-refractivity contribution in [2.75, 3.05) is 25.1 Å². The number of anilines is 1. The number of halogens is 3. The van der Waals surface area contributed by atoms with Crippen molar-refractivity contribution in [3.05, 3.63) is 68.0 Å². The summed E-state index contributed by atoms with van der Waals surface area (Å²) in [4.78, 5) is 41.1. The summed E-state index contributed by atoms with van der Waals surface area (Å²) in [6.07, 6.45) is -4.46. The monoisotopic (exact) mass is 509 g/mol. The van der Waals surface area contributed by atoms with Crippen LogP contribution < -0.4 is 15.2 Å². The van der Waals surface area contributed by atoms with Gasteiger partial charge in [0.05, 0.1) is 23.0 Å². The number of alkyl halides is 3. The van der Waals surface area contributed by atoms with E-state index in [1.54, 1.807) is 29.2 Å². The minimum Gasteiger partial charge on any atom is -0.496 e. The van der Waals surface area contributed by atoms with E-state index in [2.05, 4.69) is 4.98 Å². The highest BCUT2D eigenvalue weighted by atomic mass is 32.1. The molecule has 2 heterocycles. The van der Waals surface area contributed by atoms with Crippen LogP contribution in [0.3, 0.4) is 0 Å². The molecule has 0 atom stereocenters. The van der Waals surface area contributed by atoms with E-state index >= 15 is 0 Å². The first-order chi connectivity index (χ1) is 16.6. The summed E-state index contributed by atoms with van der Waals surface area (Å²) >= 11 is 0.780. The summed E-state index contributed by atoms with van der Waals surface area (Å²) in [6, 6.07) is 7.65. The summed E-state index contributed by atoms with van der Waals surface area (Å²) in [5.41, 5.74) is -2.78. The van der Waals surface area contributed by atoms with E-state index in [4.69, 9.17) is 9.47 Å². The van der Waals surface area contributed by atoms with Gasteiger partial charge in [0.2, 0.25) is 0 Å². The predicted molar refractivity (Wildman–Crippen MR) is 121 cm³/mol. The van der Waals surface area contributed by atoms with Crippen LogP contribution in [-0.4, -0.2) is 42.2 Å². The Morgan fingerprint density at radius 2 is 1.91 bits per heavy atom. The maximum absolute atomic E-state index is 13.1. The van der Waals surface area contributed by atoms with Crippen LogP contribution in [0.25, 0.3) is 10.1 Å². The number of rotatable bonds is 5. The molecule has 4 rings (SSSR count). The molecule has 2 aromatic carbocycles. The number of non-ortho nitro benzene ring substituents is 1.